The van der Waals surface area contributed by atoms with E-state index in [9.17, 15) is 13.2 Å². The van der Waals surface area contributed by atoms with E-state index in [1.165, 1.54) is 18.2 Å². The van der Waals surface area contributed by atoms with E-state index in [0.717, 1.165) is 0 Å². The van der Waals surface area contributed by atoms with Crippen LogP contribution in [0.4, 0.5) is 13.2 Å². The summed E-state index contributed by atoms with van der Waals surface area (Å²) in [6, 6.07) is 4.14. The van der Waals surface area contributed by atoms with Crippen LogP contribution < -0.4 is 4.74 Å². The molecule has 0 aliphatic rings. The van der Waals surface area contributed by atoms with Crippen molar-refractivity contribution in [3.8, 4) is 11.4 Å². The van der Waals surface area contributed by atoms with E-state index < -0.39 is 6.36 Å². The minimum Gasteiger partial charge on any atom is -0.405 e. The number of H-pyrrole nitrogens is 1. The van der Waals surface area contributed by atoms with Gasteiger partial charge in [-0.25, -0.2) is 0 Å². The number of aryl methyl sites for hydroxylation is 1. The van der Waals surface area contributed by atoms with Crippen molar-refractivity contribution in [1.29, 1.82) is 0 Å². The summed E-state index contributed by atoms with van der Waals surface area (Å²) in [6.45, 7) is 1.72. The first-order valence-corrected chi connectivity index (χ1v) is 6.18. The zero-order valence-corrected chi connectivity index (χ0v) is 11.9. The number of halogens is 4. The van der Waals surface area contributed by atoms with Gasteiger partial charge in [-0.1, -0.05) is 0 Å². The second-order valence-electron chi connectivity index (χ2n) is 3.57. The van der Waals surface area contributed by atoms with Gasteiger partial charge in [-0.15, -0.1) is 13.2 Å². The van der Waals surface area contributed by atoms with Gasteiger partial charge in [0.25, 0.3) is 0 Å². The zero-order chi connectivity index (χ0) is 14.2. The van der Waals surface area contributed by atoms with Crippen LogP contribution >= 0.6 is 28.1 Å². The summed E-state index contributed by atoms with van der Waals surface area (Å²) in [5.41, 5.74) is 0.581. The number of benzene rings is 1. The number of nitrogens with one attached hydrogen (secondary N) is 1. The van der Waals surface area contributed by atoms with Crippen molar-refractivity contribution in [2.45, 2.75) is 13.3 Å². The van der Waals surface area contributed by atoms with Crippen molar-refractivity contribution in [1.82, 2.24) is 14.8 Å². The topological polar surface area (TPSA) is 42.8 Å². The Bertz CT molecular complexity index is 665. The number of alkyl halides is 3. The van der Waals surface area contributed by atoms with Gasteiger partial charge in [-0.3, -0.25) is 9.67 Å². The summed E-state index contributed by atoms with van der Waals surface area (Å²) in [7, 11) is 0. The van der Waals surface area contributed by atoms with E-state index >= 15 is 0 Å². The van der Waals surface area contributed by atoms with Crippen LogP contribution in [0.3, 0.4) is 0 Å². The van der Waals surface area contributed by atoms with Crippen molar-refractivity contribution in [3.05, 3.63) is 33.3 Å². The summed E-state index contributed by atoms with van der Waals surface area (Å²) in [5, 5.41) is 6.52. The first kappa shape index (κ1) is 14.1. The Kier molecular flexibility index (Phi) is 3.68. The molecule has 9 heteroatoms. The highest BCUT2D eigenvalue weighted by atomic mass is 79.9. The van der Waals surface area contributed by atoms with Crippen LogP contribution in [0.1, 0.15) is 5.82 Å². The standard InChI is InChI=1S/C10H7BrF3N3OS/c1-5-15-16-9(19)17(5)6-2-3-8(7(11)4-6)18-10(12,13)14/h2-4H,1H3,(H,16,19). The molecule has 0 fully saturated rings. The molecule has 102 valence electrons. The molecule has 2 rings (SSSR count). The predicted octanol–water partition coefficient (Wildman–Crippen LogP) is 3.90. The molecular formula is C10H7BrF3N3OS. The van der Waals surface area contributed by atoms with Crippen LogP contribution in [0.5, 0.6) is 5.75 Å². The Morgan fingerprint density at radius 2 is 2.11 bits per heavy atom. The summed E-state index contributed by atoms with van der Waals surface area (Å²) in [5.74, 6) is 0.283. The minimum atomic E-state index is -4.73. The van der Waals surface area contributed by atoms with Crippen LogP contribution in [0.25, 0.3) is 5.69 Å². The molecule has 1 aromatic carbocycles. The molecule has 19 heavy (non-hydrogen) atoms. The molecule has 0 unspecified atom stereocenters. The lowest BCUT2D eigenvalue weighted by molar-refractivity contribution is -0.274. The molecule has 0 spiro atoms. The Balaban J connectivity index is 2.42. The third kappa shape index (κ3) is 3.16. The number of hydrogen-bond acceptors (Lipinski definition) is 3. The average molecular weight is 354 g/mol. The van der Waals surface area contributed by atoms with Crippen molar-refractivity contribution in [3.63, 3.8) is 0 Å². The van der Waals surface area contributed by atoms with Crippen LogP contribution in [-0.2, 0) is 0 Å². The maximum Gasteiger partial charge on any atom is 0.573 e. The number of ether oxygens (including phenoxy) is 1. The van der Waals surface area contributed by atoms with Gasteiger partial charge >= 0.3 is 6.36 Å². The lowest BCUT2D eigenvalue weighted by Crippen LogP contribution is -2.17. The molecule has 1 aromatic heterocycles. The SMILES string of the molecule is Cc1n[nH]c(=S)n1-c1ccc(OC(F)(F)F)c(Br)c1. The lowest BCUT2D eigenvalue weighted by atomic mass is 10.3. The number of rotatable bonds is 2. The summed E-state index contributed by atoms with van der Waals surface area (Å²) in [6.07, 6.45) is -4.73. The molecule has 2 aromatic rings. The lowest BCUT2D eigenvalue weighted by Gasteiger charge is -2.12. The quantitative estimate of drug-likeness (QED) is 0.832. The molecular weight excluding hydrogens is 347 g/mol. The van der Waals surface area contributed by atoms with Gasteiger partial charge in [0.1, 0.15) is 11.6 Å². The normalized spacial score (nSPS) is 11.6. The number of aromatic amines is 1. The number of aromatic nitrogens is 3. The molecule has 0 aliphatic carbocycles. The molecule has 0 bridgehead atoms. The van der Waals surface area contributed by atoms with Gasteiger partial charge < -0.3 is 4.74 Å². The summed E-state index contributed by atoms with van der Waals surface area (Å²) in [4.78, 5) is 0. The van der Waals surface area contributed by atoms with Crippen LogP contribution in [0.15, 0.2) is 22.7 Å². The van der Waals surface area contributed by atoms with E-state index in [2.05, 4.69) is 30.9 Å². The molecule has 0 saturated heterocycles. The van der Waals surface area contributed by atoms with Crippen LogP contribution in [-0.4, -0.2) is 21.1 Å². The second kappa shape index (κ2) is 4.97. The Hall–Kier alpha value is -1.35. The van der Waals surface area contributed by atoms with Gasteiger partial charge in [0, 0.05) is 0 Å². The molecule has 0 aliphatic heterocycles. The first-order chi connectivity index (χ1) is 8.78. The minimum absolute atomic E-state index is 0.171. The van der Waals surface area contributed by atoms with E-state index in [1.807, 2.05) is 0 Å². The smallest absolute Gasteiger partial charge is 0.405 e. The van der Waals surface area contributed by atoms with E-state index in [0.29, 0.717) is 16.3 Å². The Labute approximate surface area is 119 Å². The van der Waals surface area contributed by atoms with Gasteiger partial charge in [0.15, 0.2) is 4.77 Å². The maximum atomic E-state index is 12.1. The molecule has 1 N–H and O–H groups in total. The molecule has 0 atom stereocenters. The number of hydrogen-bond donors (Lipinski definition) is 1. The zero-order valence-electron chi connectivity index (χ0n) is 9.45. The van der Waals surface area contributed by atoms with Crippen LogP contribution in [0, 0.1) is 11.7 Å². The van der Waals surface area contributed by atoms with Crippen molar-refractivity contribution in [2.75, 3.05) is 0 Å². The van der Waals surface area contributed by atoms with Crippen LogP contribution in [0.2, 0.25) is 0 Å². The van der Waals surface area contributed by atoms with Crippen molar-refractivity contribution in [2.24, 2.45) is 0 Å². The molecule has 0 saturated carbocycles. The Morgan fingerprint density at radius 3 is 2.58 bits per heavy atom. The highest BCUT2D eigenvalue weighted by molar-refractivity contribution is 9.10. The van der Waals surface area contributed by atoms with E-state index in [4.69, 9.17) is 12.2 Å². The second-order valence-corrected chi connectivity index (χ2v) is 4.81. The third-order valence-electron chi connectivity index (χ3n) is 2.24. The van der Waals surface area contributed by atoms with Gasteiger partial charge in [-0.05, 0) is 53.3 Å². The highest BCUT2D eigenvalue weighted by Gasteiger charge is 2.32. The maximum absolute atomic E-state index is 12.1. The van der Waals surface area contributed by atoms with E-state index in [-0.39, 0.29) is 10.2 Å². The fourth-order valence-corrected chi connectivity index (χ4v) is 2.25. The molecule has 0 radical (unpaired) electrons. The third-order valence-corrected chi connectivity index (χ3v) is 3.13. The summed E-state index contributed by atoms with van der Waals surface area (Å²) >= 11 is 8.07. The van der Waals surface area contributed by atoms with Gasteiger partial charge in [0.2, 0.25) is 0 Å². The predicted molar refractivity (Wildman–Crippen MR) is 67.9 cm³/mol. The molecule has 4 nitrogen and oxygen atoms in total. The largest absolute Gasteiger partial charge is 0.573 e. The Morgan fingerprint density at radius 1 is 1.42 bits per heavy atom. The van der Waals surface area contributed by atoms with E-state index in [1.54, 1.807) is 11.5 Å². The highest BCUT2D eigenvalue weighted by Crippen LogP contribution is 2.32. The van der Waals surface area contributed by atoms with Crippen molar-refractivity contribution >= 4 is 28.1 Å². The molecule has 1 heterocycles. The molecule has 0 amide bonds. The number of nitrogens with zero attached hydrogens (tertiary/aromatic N) is 2. The van der Waals surface area contributed by atoms with Gasteiger partial charge in [-0.2, -0.15) is 5.10 Å². The van der Waals surface area contributed by atoms with Crippen molar-refractivity contribution < 1.29 is 17.9 Å². The fraction of sp³-hybridized carbons (Fsp3) is 0.200. The summed E-state index contributed by atoms with van der Waals surface area (Å²) < 4.78 is 42.4. The first-order valence-electron chi connectivity index (χ1n) is 4.97. The average Bonchev–Trinajstić information content (AvgIpc) is 2.60. The van der Waals surface area contributed by atoms with Gasteiger partial charge in [0.05, 0.1) is 10.2 Å². The monoisotopic (exact) mass is 353 g/mol. The fourth-order valence-electron chi connectivity index (χ4n) is 1.52.